The third-order valence-corrected chi connectivity index (χ3v) is 4.20. The predicted octanol–water partition coefficient (Wildman–Crippen LogP) is 2.81. The van der Waals surface area contributed by atoms with E-state index in [2.05, 4.69) is 37.4 Å². The number of hydrogen-bond donors (Lipinski definition) is 2. The van der Waals surface area contributed by atoms with Crippen molar-refractivity contribution in [3.05, 3.63) is 54.1 Å². The topological polar surface area (TPSA) is 79.8 Å². The monoisotopic (exact) mass is 343 g/mol. The van der Waals surface area contributed by atoms with Crippen LogP contribution in [0.15, 0.2) is 42.9 Å². The lowest BCUT2D eigenvalue weighted by Gasteiger charge is -2.09. The molecule has 128 valence electrons. The fraction of sp³-hybridized carbons (Fsp3) is 0.200. The first-order chi connectivity index (χ1) is 12.7. The fourth-order valence-corrected chi connectivity index (χ4v) is 2.64. The molecule has 26 heavy (non-hydrogen) atoms. The van der Waals surface area contributed by atoms with E-state index in [0.29, 0.717) is 11.5 Å². The summed E-state index contributed by atoms with van der Waals surface area (Å²) in [4.78, 5) is 25.0. The minimum atomic E-state index is 0.0286. The molecule has 1 saturated carbocycles. The molecule has 0 unspecified atom stereocenters. The van der Waals surface area contributed by atoms with Crippen LogP contribution in [0.5, 0.6) is 0 Å². The van der Waals surface area contributed by atoms with Gasteiger partial charge in [-0.3, -0.25) is 4.79 Å². The van der Waals surface area contributed by atoms with Crippen molar-refractivity contribution in [1.29, 1.82) is 0 Å². The molecule has 0 spiro atoms. The Morgan fingerprint density at radius 1 is 1.12 bits per heavy atom. The number of carbonyl (C=O) groups is 1. The number of fused-ring (bicyclic) bond motifs is 1. The molecule has 1 amide bonds. The summed E-state index contributed by atoms with van der Waals surface area (Å²) in [6.45, 7) is 0. The highest BCUT2D eigenvalue weighted by atomic mass is 16.2. The van der Waals surface area contributed by atoms with Gasteiger partial charge in [-0.25, -0.2) is 15.0 Å². The molecule has 1 aliphatic carbocycles. The molecule has 2 N–H and O–H groups in total. The third-order valence-electron chi connectivity index (χ3n) is 4.20. The van der Waals surface area contributed by atoms with Crippen LogP contribution < -0.4 is 10.6 Å². The molecule has 0 saturated heterocycles. The van der Waals surface area contributed by atoms with Gasteiger partial charge in [-0.2, -0.15) is 0 Å². The fourth-order valence-electron chi connectivity index (χ4n) is 2.64. The summed E-state index contributed by atoms with van der Waals surface area (Å²) >= 11 is 0. The SMILES string of the molecule is CNc1ncc(C#Cc2ccccn2)c2cc(NC(=O)C3CC3)ncc12. The van der Waals surface area contributed by atoms with Crippen molar-refractivity contribution in [3.63, 3.8) is 0 Å². The number of pyridine rings is 3. The van der Waals surface area contributed by atoms with E-state index in [1.807, 2.05) is 31.3 Å². The van der Waals surface area contributed by atoms with Gasteiger partial charge in [0.15, 0.2) is 0 Å². The number of aromatic nitrogens is 3. The number of nitrogens with one attached hydrogen (secondary N) is 2. The van der Waals surface area contributed by atoms with Gasteiger partial charge in [0, 0.05) is 42.3 Å². The third kappa shape index (κ3) is 3.33. The lowest BCUT2D eigenvalue weighted by Crippen LogP contribution is -2.14. The van der Waals surface area contributed by atoms with Crippen LogP contribution in [0.3, 0.4) is 0 Å². The van der Waals surface area contributed by atoms with Crippen molar-refractivity contribution >= 4 is 28.3 Å². The lowest BCUT2D eigenvalue weighted by molar-refractivity contribution is -0.117. The zero-order chi connectivity index (χ0) is 17.9. The Morgan fingerprint density at radius 3 is 2.73 bits per heavy atom. The molecular weight excluding hydrogens is 326 g/mol. The lowest BCUT2D eigenvalue weighted by atomic mass is 10.1. The normalized spacial score (nSPS) is 13.0. The Labute approximate surface area is 151 Å². The summed E-state index contributed by atoms with van der Waals surface area (Å²) < 4.78 is 0. The van der Waals surface area contributed by atoms with E-state index in [-0.39, 0.29) is 11.8 Å². The van der Waals surface area contributed by atoms with Crippen molar-refractivity contribution in [3.8, 4) is 11.8 Å². The highest BCUT2D eigenvalue weighted by Crippen LogP contribution is 2.31. The molecule has 3 heterocycles. The number of nitrogens with zero attached hydrogens (tertiary/aromatic N) is 3. The Kier molecular flexibility index (Phi) is 4.20. The Balaban J connectivity index is 1.76. The van der Waals surface area contributed by atoms with Crippen LogP contribution in [0.4, 0.5) is 11.6 Å². The van der Waals surface area contributed by atoms with Gasteiger partial charge in [0.2, 0.25) is 5.91 Å². The van der Waals surface area contributed by atoms with E-state index >= 15 is 0 Å². The molecule has 3 aromatic heterocycles. The summed E-state index contributed by atoms with van der Waals surface area (Å²) in [6.07, 6.45) is 7.04. The van der Waals surface area contributed by atoms with Crippen LogP contribution >= 0.6 is 0 Å². The van der Waals surface area contributed by atoms with Gasteiger partial charge in [0.25, 0.3) is 0 Å². The molecule has 3 aromatic rings. The second-order valence-electron chi connectivity index (χ2n) is 6.11. The zero-order valence-electron chi connectivity index (χ0n) is 14.3. The maximum atomic E-state index is 12.0. The molecule has 1 aliphatic rings. The number of carbonyl (C=O) groups excluding carboxylic acids is 1. The number of rotatable bonds is 3. The maximum absolute atomic E-state index is 12.0. The standard InChI is InChI=1S/C20H17N5O/c1-21-19-17-12-23-18(25-20(26)13-5-6-13)10-16(17)14(11-24-19)7-8-15-4-2-3-9-22-15/h2-4,9-13H,5-6H2,1H3,(H,21,24)(H,23,25,26). The Morgan fingerprint density at radius 2 is 2.00 bits per heavy atom. The second-order valence-corrected chi connectivity index (χ2v) is 6.11. The van der Waals surface area contributed by atoms with E-state index in [9.17, 15) is 4.79 Å². The van der Waals surface area contributed by atoms with Crippen LogP contribution in [-0.2, 0) is 4.79 Å². The summed E-state index contributed by atoms with van der Waals surface area (Å²) in [7, 11) is 1.81. The Bertz CT molecular complexity index is 1030. The van der Waals surface area contributed by atoms with E-state index in [1.54, 1.807) is 18.6 Å². The van der Waals surface area contributed by atoms with Gasteiger partial charge in [0.1, 0.15) is 17.3 Å². The maximum Gasteiger partial charge on any atom is 0.228 e. The highest BCUT2D eigenvalue weighted by molar-refractivity contribution is 5.99. The highest BCUT2D eigenvalue weighted by Gasteiger charge is 2.29. The number of anilines is 2. The minimum Gasteiger partial charge on any atom is -0.373 e. The van der Waals surface area contributed by atoms with Crippen LogP contribution in [0.1, 0.15) is 24.1 Å². The van der Waals surface area contributed by atoms with Gasteiger partial charge in [-0.15, -0.1) is 0 Å². The van der Waals surface area contributed by atoms with E-state index in [0.717, 1.165) is 35.0 Å². The van der Waals surface area contributed by atoms with Crippen molar-refractivity contribution in [2.45, 2.75) is 12.8 Å². The Hall–Kier alpha value is -3.46. The number of amides is 1. The van der Waals surface area contributed by atoms with Crippen molar-refractivity contribution < 1.29 is 4.79 Å². The largest absolute Gasteiger partial charge is 0.373 e. The quantitative estimate of drug-likeness (QED) is 0.715. The van der Waals surface area contributed by atoms with Crippen LogP contribution in [-0.4, -0.2) is 27.9 Å². The van der Waals surface area contributed by atoms with E-state index in [4.69, 9.17) is 0 Å². The van der Waals surface area contributed by atoms with Gasteiger partial charge in [-0.1, -0.05) is 12.0 Å². The minimum absolute atomic E-state index is 0.0286. The van der Waals surface area contributed by atoms with Gasteiger partial charge in [-0.05, 0) is 37.0 Å². The van der Waals surface area contributed by atoms with Crippen LogP contribution in [0.2, 0.25) is 0 Å². The molecule has 0 aliphatic heterocycles. The zero-order valence-corrected chi connectivity index (χ0v) is 14.3. The van der Waals surface area contributed by atoms with E-state index < -0.39 is 0 Å². The first-order valence-corrected chi connectivity index (χ1v) is 8.45. The molecule has 6 heteroatoms. The summed E-state index contributed by atoms with van der Waals surface area (Å²) in [5.41, 5.74) is 1.45. The van der Waals surface area contributed by atoms with Crippen LogP contribution in [0.25, 0.3) is 10.8 Å². The summed E-state index contributed by atoms with van der Waals surface area (Å²) in [5, 5.41) is 7.68. The second kappa shape index (κ2) is 6.81. The van der Waals surface area contributed by atoms with Crippen molar-refractivity contribution in [1.82, 2.24) is 15.0 Å². The molecule has 4 rings (SSSR count). The molecule has 0 bridgehead atoms. The van der Waals surface area contributed by atoms with Crippen molar-refractivity contribution in [2.24, 2.45) is 5.92 Å². The summed E-state index contributed by atoms with van der Waals surface area (Å²) in [6, 6.07) is 7.45. The molecule has 6 nitrogen and oxygen atoms in total. The smallest absolute Gasteiger partial charge is 0.228 e. The molecule has 0 radical (unpaired) electrons. The molecular formula is C20H17N5O. The molecule has 0 atom stereocenters. The van der Waals surface area contributed by atoms with Crippen molar-refractivity contribution in [2.75, 3.05) is 17.7 Å². The first kappa shape index (κ1) is 16.0. The van der Waals surface area contributed by atoms with Gasteiger partial charge >= 0.3 is 0 Å². The van der Waals surface area contributed by atoms with Gasteiger partial charge in [0.05, 0.1) is 5.56 Å². The average Bonchev–Trinajstić information content (AvgIpc) is 3.52. The predicted molar refractivity (Wildman–Crippen MR) is 101 cm³/mol. The van der Waals surface area contributed by atoms with E-state index in [1.165, 1.54) is 0 Å². The van der Waals surface area contributed by atoms with Crippen LogP contribution in [0, 0.1) is 17.8 Å². The first-order valence-electron chi connectivity index (χ1n) is 8.45. The molecule has 1 fully saturated rings. The van der Waals surface area contributed by atoms with Gasteiger partial charge < -0.3 is 10.6 Å². The summed E-state index contributed by atoms with van der Waals surface area (Å²) in [5.74, 6) is 7.58. The number of hydrogen-bond acceptors (Lipinski definition) is 5. The molecule has 0 aromatic carbocycles. The average molecular weight is 343 g/mol.